The Balaban J connectivity index is 2.01. The zero-order valence-electron chi connectivity index (χ0n) is 7.79. The minimum atomic E-state index is 0.742. The maximum atomic E-state index is 3.63. The quantitative estimate of drug-likeness (QED) is 0.633. The van der Waals surface area contributed by atoms with Gasteiger partial charge in [-0.2, -0.15) is 0 Å². The fourth-order valence-electron chi connectivity index (χ4n) is 2.86. The molecule has 2 atom stereocenters. The molecule has 13 heavy (non-hydrogen) atoms. The minimum Gasteiger partial charge on any atom is -0.313 e. The molecule has 68 valence electrons. The van der Waals surface area contributed by atoms with Gasteiger partial charge in [0.05, 0.1) is 0 Å². The molecular weight excluding hydrogens is 158 g/mol. The van der Waals surface area contributed by atoms with Crippen LogP contribution in [0, 0.1) is 0 Å². The largest absolute Gasteiger partial charge is 0.313 e. The summed E-state index contributed by atoms with van der Waals surface area (Å²) in [6.45, 7) is 1.22. The third-order valence-electron chi connectivity index (χ3n) is 3.48. The average molecular weight is 173 g/mol. The van der Waals surface area contributed by atoms with Gasteiger partial charge in [0.15, 0.2) is 0 Å². The van der Waals surface area contributed by atoms with E-state index in [1.807, 2.05) is 0 Å². The van der Waals surface area contributed by atoms with Crippen molar-refractivity contribution in [3.05, 3.63) is 35.4 Å². The number of hydrogen-bond donors (Lipinski definition) is 1. The van der Waals surface area contributed by atoms with Crippen LogP contribution in [0.2, 0.25) is 0 Å². The van der Waals surface area contributed by atoms with Gasteiger partial charge in [0.2, 0.25) is 0 Å². The number of benzene rings is 1. The van der Waals surface area contributed by atoms with Gasteiger partial charge in [0.1, 0.15) is 0 Å². The number of rotatable bonds is 0. The molecule has 0 bridgehead atoms. The van der Waals surface area contributed by atoms with Crippen LogP contribution in [0.5, 0.6) is 0 Å². The topological polar surface area (TPSA) is 12.0 Å². The molecule has 1 heteroatoms. The van der Waals surface area contributed by atoms with E-state index in [-0.39, 0.29) is 0 Å². The SMILES string of the molecule is c1ccc2c(c1)C[C@@H]1NCCC[C@@H]21. The van der Waals surface area contributed by atoms with Gasteiger partial charge in [0.25, 0.3) is 0 Å². The second kappa shape index (κ2) is 2.85. The fourth-order valence-corrected chi connectivity index (χ4v) is 2.86. The fraction of sp³-hybridized carbons (Fsp3) is 0.500. The van der Waals surface area contributed by atoms with Gasteiger partial charge >= 0.3 is 0 Å². The molecular formula is C12H15N. The van der Waals surface area contributed by atoms with E-state index in [2.05, 4.69) is 29.6 Å². The third kappa shape index (κ3) is 1.11. The lowest BCUT2D eigenvalue weighted by molar-refractivity contribution is 0.372. The molecule has 1 aliphatic carbocycles. The zero-order valence-corrected chi connectivity index (χ0v) is 7.79. The molecule has 1 saturated heterocycles. The van der Waals surface area contributed by atoms with Crippen molar-refractivity contribution in [2.45, 2.75) is 31.2 Å². The Morgan fingerprint density at radius 1 is 1.23 bits per heavy atom. The van der Waals surface area contributed by atoms with E-state index in [9.17, 15) is 0 Å². The molecule has 1 fully saturated rings. The Labute approximate surface area is 79.2 Å². The Morgan fingerprint density at radius 3 is 3.15 bits per heavy atom. The summed E-state index contributed by atoms with van der Waals surface area (Å²) in [6, 6.07) is 9.68. The molecule has 0 radical (unpaired) electrons. The molecule has 0 saturated carbocycles. The monoisotopic (exact) mass is 173 g/mol. The van der Waals surface area contributed by atoms with E-state index < -0.39 is 0 Å². The summed E-state index contributed by atoms with van der Waals surface area (Å²) in [6.07, 6.45) is 3.98. The molecule has 2 aliphatic rings. The maximum Gasteiger partial charge on any atom is 0.0176 e. The van der Waals surface area contributed by atoms with E-state index in [1.165, 1.54) is 25.8 Å². The van der Waals surface area contributed by atoms with Crippen LogP contribution in [0.1, 0.15) is 29.9 Å². The van der Waals surface area contributed by atoms with E-state index in [1.54, 1.807) is 11.1 Å². The van der Waals surface area contributed by atoms with Crippen LogP contribution in [0.4, 0.5) is 0 Å². The van der Waals surface area contributed by atoms with Crippen molar-refractivity contribution in [2.75, 3.05) is 6.54 Å². The van der Waals surface area contributed by atoms with Crippen LogP contribution >= 0.6 is 0 Å². The van der Waals surface area contributed by atoms with Crippen molar-refractivity contribution in [3.8, 4) is 0 Å². The number of piperidine rings is 1. The summed E-state index contributed by atoms with van der Waals surface area (Å²) in [5, 5.41) is 3.63. The normalized spacial score (nSPS) is 31.1. The van der Waals surface area contributed by atoms with Crippen molar-refractivity contribution >= 4 is 0 Å². The van der Waals surface area contributed by atoms with Gasteiger partial charge in [-0.05, 0) is 42.9 Å². The van der Waals surface area contributed by atoms with Crippen LogP contribution in [0.3, 0.4) is 0 Å². The Hall–Kier alpha value is -0.820. The Kier molecular flexibility index (Phi) is 1.66. The molecule has 1 aromatic carbocycles. The van der Waals surface area contributed by atoms with Gasteiger partial charge in [-0.15, -0.1) is 0 Å². The molecule has 1 N–H and O–H groups in total. The smallest absolute Gasteiger partial charge is 0.0176 e. The van der Waals surface area contributed by atoms with Crippen molar-refractivity contribution < 1.29 is 0 Å². The summed E-state index contributed by atoms with van der Waals surface area (Å²) in [5.74, 6) is 0.810. The van der Waals surface area contributed by atoms with Crippen LogP contribution in [0.15, 0.2) is 24.3 Å². The van der Waals surface area contributed by atoms with Crippen LogP contribution in [0.25, 0.3) is 0 Å². The summed E-state index contributed by atoms with van der Waals surface area (Å²) in [4.78, 5) is 0. The summed E-state index contributed by atoms with van der Waals surface area (Å²) in [7, 11) is 0. The average Bonchev–Trinajstić information content (AvgIpc) is 2.56. The van der Waals surface area contributed by atoms with Crippen molar-refractivity contribution in [1.82, 2.24) is 5.32 Å². The zero-order chi connectivity index (χ0) is 8.67. The van der Waals surface area contributed by atoms with E-state index in [0.717, 1.165) is 12.0 Å². The van der Waals surface area contributed by atoms with Crippen LogP contribution in [-0.4, -0.2) is 12.6 Å². The lowest BCUT2D eigenvalue weighted by Gasteiger charge is -2.26. The van der Waals surface area contributed by atoms with E-state index in [4.69, 9.17) is 0 Å². The molecule has 0 spiro atoms. The second-order valence-corrected chi connectivity index (χ2v) is 4.21. The second-order valence-electron chi connectivity index (χ2n) is 4.21. The molecule has 0 amide bonds. The van der Waals surface area contributed by atoms with Crippen molar-refractivity contribution in [2.24, 2.45) is 0 Å². The van der Waals surface area contributed by atoms with Gasteiger partial charge < -0.3 is 5.32 Å². The molecule has 1 aromatic rings. The van der Waals surface area contributed by atoms with Crippen molar-refractivity contribution in [1.29, 1.82) is 0 Å². The first-order valence-corrected chi connectivity index (χ1v) is 5.26. The summed E-state index contributed by atoms with van der Waals surface area (Å²) >= 11 is 0. The predicted octanol–water partition coefficient (Wildman–Crippen LogP) is 2.08. The highest BCUT2D eigenvalue weighted by Crippen LogP contribution is 2.37. The predicted molar refractivity (Wildman–Crippen MR) is 53.9 cm³/mol. The molecule has 0 aromatic heterocycles. The molecule has 1 aliphatic heterocycles. The Bertz CT molecular complexity index is 319. The van der Waals surface area contributed by atoms with Gasteiger partial charge in [0, 0.05) is 6.04 Å². The minimum absolute atomic E-state index is 0.742. The van der Waals surface area contributed by atoms with Gasteiger partial charge in [-0.25, -0.2) is 0 Å². The molecule has 3 rings (SSSR count). The van der Waals surface area contributed by atoms with Crippen LogP contribution in [-0.2, 0) is 6.42 Å². The highest BCUT2D eigenvalue weighted by Gasteiger charge is 2.33. The first-order valence-electron chi connectivity index (χ1n) is 5.26. The van der Waals surface area contributed by atoms with E-state index in [0.29, 0.717) is 0 Å². The van der Waals surface area contributed by atoms with Crippen molar-refractivity contribution in [3.63, 3.8) is 0 Å². The molecule has 1 heterocycles. The number of nitrogens with one attached hydrogen (secondary N) is 1. The number of fused-ring (bicyclic) bond motifs is 3. The standard InChI is InChI=1S/C12H15N/c1-2-5-10-9(4-1)8-12-11(10)6-3-7-13-12/h1-2,4-5,11-13H,3,6-8H2/t11-,12-/m0/s1. The highest BCUT2D eigenvalue weighted by atomic mass is 14.9. The van der Waals surface area contributed by atoms with Gasteiger partial charge in [-0.3, -0.25) is 0 Å². The molecule has 1 nitrogen and oxygen atoms in total. The lowest BCUT2D eigenvalue weighted by Crippen LogP contribution is -2.37. The van der Waals surface area contributed by atoms with E-state index >= 15 is 0 Å². The first-order chi connectivity index (χ1) is 6.45. The molecule has 0 unspecified atom stereocenters. The first kappa shape index (κ1) is 7.57. The Morgan fingerprint density at radius 2 is 2.15 bits per heavy atom. The summed E-state index contributed by atoms with van der Waals surface area (Å²) in [5.41, 5.74) is 3.19. The van der Waals surface area contributed by atoms with Crippen LogP contribution < -0.4 is 5.32 Å². The lowest BCUT2D eigenvalue weighted by atomic mass is 9.90. The third-order valence-corrected chi connectivity index (χ3v) is 3.48. The van der Waals surface area contributed by atoms with Gasteiger partial charge in [-0.1, -0.05) is 24.3 Å². The highest BCUT2D eigenvalue weighted by molar-refractivity contribution is 5.38. The summed E-state index contributed by atoms with van der Waals surface area (Å²) < 4.78 is 0. The number of hydrogen-bond acceptors (Lipinski definition) is 1. The maximum absolute atomic E-state index is 3.63.